The molecular weight excluding hydrogens is 633 g/mol. The lowest BCUT2D eigenvalue weighted by atomic mass is 10.0. The van der Waals surface area contributed by atoms with Crippen LogP contribution in [-0.4, -0.2) is 65.0 Å². The number of hydrogen-bond donors (Lipinski definition) is 2. The third-order valence-electron chi connectivity index (χ3n) is 8.15. The summed E-state index contributed by atoms with van der Waals surface area (Å²) in [5.41, 5.74) is 4.84. The third-order valence-corrected chi connectivity index (χ3v) is 9.22. The van der Waals surface area contributed by atoms with Crippen LogP contribution in [0.25, 0.3) is 31.9 Å². The van der Waals surface area contributed by atoms with Gasteiger partial charge in [-0.25, -0.2) is 14.4 Å². The number of pyridine rings is 1. The van der Waals surface area contributed by atoms with Gasteiger partial charge >= 0.3 is 0 Å². The number of fused-ring (bicyclic) bond motifs is 2. The fourth-order valence-corrected chi connectivity index (χ4v) is 6.72. The molecule has 1 saturated heterocycles. The number of ether oxygens (including phenoxy) is 2. The van der Waals surface area contributed by atoms with Crippen molar-refractivity contribution in [3.63, 3.8) is 0 Å². The largest absolute Gasteiger partial charge is 0.491 e. The van der Waals surface area contributed by atoms with E-state index in [0.717, 1.165) is 36.8 Å². The van der Waals surface area contributed by atoms with Gasteiger partial charge < -0.3 is 20.1 Å². The summed E-state index contributed by atoms with van der Waals surface area (Å²) in [5, 5.41) is 6.74. The Morgan fingerprint density at radius 2 is 1.73 bits per heavy atom. The highest BCUT2D eigenvalue weighted by Crippen LogP contribution is 2.33. The average molecular weight is 664 g/mol. The summed E-state index contributed by atoms with van der Waals surface area (Å²) in [4.78, 5) is 48.4. The summed E-state index contributed by atoms with van der Waals surface area (Å²) < 4.78 is 25.9. The molecule has 0 aliphatic carbocycles. The lowest BCUT2D eigenvalue weighted by molar-refractivity contribution is -0.125. The molecule has 5 aromatic rings. The number of carbonyl (C=O) groups excluding carboxylic acids is 3. The number of amides is 3. The maximum atomic E-state index is 13.6. The molecule has 2 aromatic heterocycles. The summed E-state index contributed by atoms with van der Waals surface area (Å²) in [6, 6.07) is 20.5. The van der Waals surface area contributed by atoms with Gasteiger partial charge in [0.15, 0.2) is 0 Å². The number of thiazole rings is 1. The van der Waals surface area contributed by atoms with Crippen molar-refractivity contribution in [3.05, 3.63) is 108 Å². The number of aromatic nitrogens is 2. The SMILES string of the molecule is C=C1CCC(N2C(=O)c3ccc(OCCOCCNc4cc(-c5ccc(-c6nc7ccc(F)cc7s6)cc5)ccn4)cc3C2=O)C(=O)N1. The standard InChI is InChI=1S/C36H30FN5O5S/c1-21-2-11-30(33(43)40-21)42-35(44)27-9-8-26(20-28(27)36(42)45)47-17-16-46-15-14-39-32-18-24(12-13-38-32)22-3-5-23(6-4-22)34-41-29-10-7-25(37)19-31(29)48-34/h3-10,12-13,18-20,30H,1-2,11,14-17H2,(H,38,39)(H,40,43). The predicted molar refractivity (Wildman–Crippen MR) is 180 cm³/mol. The molecule has 12 heteroatoms. The summed E-state index contributed by atoms with van der Waals surface area (Å²) in [7, 11) is 0. The van der Waals surface area contributed by atoms with Gasteiger partial charge in [-0.1, -0.05) is 30.8 Å². The van der Waals surface area contributed by atoms with Crippen molar-refractivity contribution in [3.8, 4) is 27.4 Å². The molecule has 4 heterocycles. The second-order valence-corrected chi connectivity index (χ2v) is 12.4. The minimum absolute atomic E-state index is 0.219. The van der Waals surface area contributed by atoms with Gasteiger partial charge in [0.2, 0.25) is 5.91 Å². The summed E-state index contributed by atoms with van der Waals surface area (Å²) in [6.07, 6.45) is 2.60. The van der Waals surface area contributed by atoms with E-state index in [4.69, 9.17) is 9.47 Å². The van der Waals surface area contributed by atoms with Crippen LogP contribution in [0, 0.1) is 5.82 Å². The predicted octanol–water partition coefficient (Wildman–Crippen LogP) is 6.06. The molecule has 7 rings (SSSR count). The maximum Gasteiger partial charge on any atom is 0.262 e. The number of piperidine rings is 1. The van der Waals surface area contributed by atoms with Crippen LogP contribution in [0.4, 0.5) is 10.2 Å². The van der Waals surface area contributed by atoms with Crippen LogP contribution in [0.5, 0.6) is 5.75 Å². The second-order valence-electron chi connectivity index (χ2n) is 11.4. The number of nitrogens with zero attached hydrogens (tertiary/aromatic N) is 3. The van der Waals surface area contributed by atoms with Gasteiger partial charge in [-0.2, -0.15) is 0 Å². The summed E-state index contributed by atoms with van der Waals surface area (Å²) in [5.74, 6) is -0.511. The molecule has 2 N–H and O–H groups in total. The van der Waals surface area contributed by atoms with E-state index in [-0.39, 0.29) is 23.6 Å². The van der Waals surface area contributed by atoms with Crippen molar-refractivity contribution in [2.45, 2.75) is 18.9 Å². The van der Waals surface area contributed by atoms with Crippen LogP contribution < -0.4 is 15.4 Å². The molecule has 1 unspecified atom stereocenters. The first-order chi connectivity index (χ1) is 23.3. The normalized spacial score (nSPS) is 15.9. The quantitative estimate of drug-likeness (QED) is 0.129. The van der Waals surface area contributed by atoms with Gasteiger partial charge in [-0.15, -0.1) is 11.3 Å². The van der Waals surface area contributed by atoms with E-state index >= 15 is 0 Å². The molecule has 10 nitrogen and oxygen atoms in total. The van der Waals surface area contributed by atoms with Crippen molar-refractivity contribution in [2.24, 2.45) is 0 Å². The molecule has 0 bridgehead atoms. The summed E-state index contributed by atoms with van der Waals surface area (Å²) >= 11 is 1.46. The minimum atomic E-state index is -0.857. The number of rotatable bonds is 11. The van der Waals surface area contributed by atoms with Crippen LogP contribution in [0.2, 0.25) is 0 Å². The molecule has 2 aliphatic rings. The van der Waals surface area contributed by atoms with Gasteiger partial charge in [0, 0.05) is 24.0 Å². The Bertz CT molecular complexity index is 2060. The smallest absolute Gasteiger partial charge is 0.262 e. The topological polar surface area (TPSA) is 123 Å². The number of imide groups is 1. The number of nitrogens with one attached hydrogen (secondary N) is 2. The number of hydrogen-bond acceptors (Lipinski definition) is 9. The van der Waals surface area contributed by atoms with Crippen molar-refractivity contribution < 1.29 is 28.2 Å². The maximum absolute atomic E-state index is 13.6. The Morgan fingerprint density at radius 3 is 2.56 bits per heavy atom. The number of carbonyl (C=O) groups is 3. The molecule has 1 atom stereocenters. The van der Waals surface area contributed by atoms with E-state index < -0.39 is 23.8 Å². The lowest BCUT2D eigenvalue weighted by Crippen LogP contribution is -2.51. The fourth-order valence-electron chi connectivity index (χ4n) is 5.73. The number of allylic oxidation sites excluding steroid dienone is 1. The van der Waals surface area contributed by atoms with E-state index in [1.807, 2.05) is 36.4 Å². The van der Waals surface area contributed by atoms with Crippen LogP contribution in [0.3, 0.4) is 0 Å². The molecule has 0 saturated carbocycles. The van der Waals surface area contributed by atoms with E-state index in [2.05, 4.69) is 27.2 Å². The van der Waals surface area contributed by atoms with E-state index in [1.54, 1.807) is 24.4 Å². The Kier molecular flexibility index (Phi) is 8.66. The molecule has 3 amide bonds. The minimum Gasteiger partial charge on any atom is -0.491 e. The van der Waals surface area contributed by atoms with E-state index in [9.17, 15) is 18.8 Å². The zero-order valence-corrected chi connectivity index (χ0v) is 26.5. The molecule has 242 valence electrons. The highest BCUT2D eigenvalue weighted by molar-refractivity contribution is 7.21. The van der Waals surface area contributed by atoms with Crippen molar-refractivity contribution >= 4 is 45.1 Å². The van der Waals surface area contributed by atoms with Crippen LogP contribution in [0.1, 0.15) is 33.6 Å². The van der Waals surface area contributed by atoms with Gasteiger partial charge in [-0.05, 0) is 72.5 Å². The molecule has 1 fully saturated rings. The monoisotopic (exact) mass is 663 g/mol. The Morgan fingerprint density at radius 1 is 0.917 bits per heavy atom. The Labute approximate surface area is 279 Å². The highest BCUT2D eigenvalue weighted by atomic mass is 32.1. The number of halogens is 1. The summed E-state index contributed by atoms with van der Waals surface area (Å²) in [6.45, 7) is 5.25. The van der Waals surface area contributed by atoms with Crippen molar-refractivity contribution in [1.29, 1.82) is 0 Å². The Hall–Kier alpha value is -5.46. The van der Waals surface area contributed by atoms with Crippen LogP contribution in [-0.2, 0) is 9.53 Å². The zero-order chi connectivity index (χ0) is 33.2. The fraction of sp³-hybridized carbons (Fsp3) is 0.194. The molecular formula is C36H30FN5O5S. The second kappa shape index (κ2) is 13.3. The van der Waals surface area contributed by atoms with Gasteiger partial charge in [0.05, 0.1) is 34.6 Å². The van der Waals surface area contributed by atoms with E-state index in [0.29, 0.717) is 49.9 Å². The third kappa shape index (κ3) is 6.40. The lowest BCUT2D eigenvalue weighted by Gasteiger charge is -2.29. The first kappa shape index (κ1) is 31.2. The van der Waals surface area contributed by atoms with Crippen LogP contribution in [0.15, 0.2) is 91.3 Å². The number of benzene rings is 3. The zero-order valence-electron chi connectivity index (χ0n) is 25.7. The molecule has 0 spiro atoms. The first-order valence-electron chi connectivity index (χ1n) is 15.4. The van der Waals surface area contributed by atoms with Gasteiger partial charge in [0.25, 0.3) is 11.8 Å². The van der Waals surface area contributed by atoms with E-state index in [1.165, 1.54) is 29.5 Å². The van der Waals surface area contributed by atoms with Crippen molar-refractivity contribution in [2.75, 3.05) is 31.7 Å². The van der Waals surface area contributed by atoms with Gasteiger partial charge in [-0.3, -0.25) is 19.3 Å². The van der Waals surface area contributed by atoms with Crippen LogP contribution >= 0.6 is 11.3 Å². The molecule has 2 aliphatic heterocycles. The highest BCUT2D eigenvalue weighted by Gasteiger charge is 2.44. The molecule has 0 radical (unpaired) electrons. The molecule has 48 heavy (non-hydrogen) atoms. The van der Waals surface area contributed by atoms with Gasteiger partial charge in [0.1, 0.15) is 35.0 Å². The average Bonchev–Trinajstić information content (AvgIpc) is 3.62. The number of anilines is 1. The Balaban J connectivity index is 0.864. The molecule has 3 aromatic carbocycles. The van der Waals surface area contributed by atoms with Crippen molar-refractivity contribution in [1.82, 2.24) is 20.2 Å². The first-order valence-corrected chi connectivity index (χ1v) is 16.2.